The Morgan fingerprint density at radius 1 is 1.56 bits per heavy atom. The van der Waals surface area contributed by atoms with Crippen molar-refractivity contribution in [2.75, 3.05) is 6.61 Å². The van der Waals surface area contributed by atoms with E-state index in [1.807, 2.05) is 19.2 Å². The molecule has 1 aliphatic heterocycles. The first kappa shape index (κ1) is 11.1. The highest BCUT2D eigenvalue weighted by molar-refractivity contribution is 5.30. The molecule has 0 fully saturated rings. The van der Waals surface area contributed by atoms with Crippen LogP contribution in [0.15, 0.2) is 30.3 Å². The number of hydrogen-bond acceptors (Lipinski definition) is 4. The number of aromatic nitrogens is 1. The van der Waals surface area contributed by atoms with Gasteiger partial charge < -0.3 is 4.74 Å². The fraction of sp³-hybridized carbons (Fsp3) is 0.417. The van der Waals surface area contributed by atoms with Crippen LogP contribution in [0, 0.1) is 6.92 Å². The summed E-state index contributed by atoms with van der Waals surface area (Å²) in [7, 11) is 0. The molecule has 3 N–H and O–H groups in total. The van der Waals surface area contributed by atoms with Crippen molar-refractivity contribution in [3.05, 3.63) is 41.4 Å². The van der Waals surface area contributed by atoms with E-state index in [1.54, 1.807) is 6.20 Å². The van der Waals surface area contributed by atoms with E-state index >= 15 is 0 Å². The highest BCUT2D eigenvalue weighted by atomic mass is 16.5. The van der Waals surface area contributed by atoms with Gasteiger partial charge in [0, 0.05) is 12.4 Å². The molecule has 0 amide bonds. The number of ether oxygens (including phenoxy) is 1. The Morgan fingerprint density at radius 2 is 2.44 bits per heavy atom. The molecule has 2 heterocycles. The quantitative estimate of drug-likeness (QED) is 0.598. The molecule has 0 bridgehead atoms. The van der Waals surface area contributed by atoms with Crippen LogP contribution in [0.5, 0.6) is 0 Å². The number of pyridine rings is 1. The van der Waals surface area contributed by atoms with Crippen molar-refractivity contribution in [3.63, 3.8) is 0 Å². The van der Waals surface area contributed by atoms with E-state index in [-0.39, 0.29) is 6.04 Å². The Morgan fingerprint density at radius 3 is 3.06 bits per heavy atom. The summed E-state index contributed by atoms with van der Waals surface area (Å²) >= 11 is 0. The van der Waals surface area contributed by atoms with Crippen LogP contribution in [-0.4, -0.2) is 11.6 Å². The SMILES string of the molecule is Cc1ccncc1C(NN)C1=CCCCO1. The van der Waals surface area contributed by atoms with Gasteiger partial charge >= 0.3 is 0 Å². The van der Waals surface area contributed by atoms with Crippen molar-refractivity contribution in [3.8, 4) is 0 Å². The van der Waals surface area contributed by atoms with Crippen molar-refractivity contribution in [2.45, 2.75) is 25.8 Å². The normalized spacial score (nSPS) is 17.5. The van der Waals surface area contributed by atoms with Gasteiger partial charge in [-0.2, -0.15) is 0 Å². The van der Waals surface area contributed by atoms with Crippen molar-refractivity contribution >= 4 is 0 Å². The van der Waals surface area contributed by atoms with Gasteiger partial charge in [0.15, 0.2) is 0 Å². The molecule has 4 heteroatoms. The minimum absolute atomic E-state index is 0.0889. The second kappa shape index (κ2) is 5.09. The van der Waals surface area contributed by atoms with Crippen LogP contribution in [0.4, 0.5) is 0 Å². The van der Waals surface area contributed by atoms with Crippen LogP contribution >= 0.6 is 0 Å². The van der Waals surface area contributed by atoms with Crippen molar-refractivity contribution in [1.29, 1.82) is 0 Å². The number of allylic oxidation sites excluding steroid dienone is 1. The monoisotopic (exact) mass is 219 g/mol. The fourth-order valence-electron chi connectivity index (χ4n) is 1.88. The fourth-order valence-corrected chi connectivity index (χ4v) is 1.88. The van der Waals surface area contributed by atoms with Crippen LogP contribution < -0.4 is 11.3 Å². The lowest BCUT2D eigenvalue weighted by atomic mass is 10.0. The Kier molecular flexibility index (Phi) is 3.54. The first-order valence-corrected chi connectivity index (χ1v) is 5.52. The summed E-state index contributed by atoms with van der Waals surface area (Å²) in [6, 6.07) is 1.89. The summed E-state index contributed by atoms with van der Waals surface area (Å²) in [5, 5.41) is 0. The van der Waals surface area contributed by atoms with Crippen LogP contribution in [0.1, 0.15) is 30.0 Å². The van der Waals surface area contributed by atoms with Gasteiger partial charge in [0.05, 0.1) is 6.61 Å². The number of rotatable bonds is 3. The Labute approximate surface area is 95.5 Å². The zero-order valence-corrected chi connectivity index (χ0v) is 9.44. The Balaban J connectivity index is 2.28. The number of hydrogen-bond donors (Lipinski definition) is 2. The lowest BCUT2D eigenvalue weighted by molar-refractivity contribution is 0.167. The number of nitrogens with one attached hydrogen (secondary N) is 1. The van der Waals surface area contributed by atoms with E-state index in [1.165, 1.54) is 0 Å². The molecule has 1 aromatic rings. The molecule has 0 aliphatic carbocycles. The zero-order chi connectivity index (χ0) is 11.4. The molecular formula is C12H17N3O. The second-order valence-electron chi connectivity index (χ2n) is 3.93. The van der Waals surface area contributed by atoms with E-state index in [0.717, 1.165) is 36.3 Å². The van der Waals surface area contributed by atoms with E-state index < -0.39 is 0 Å². The van der Waals surface area contributed by atoms with Gasteiger partial charge in [0.1, 0.15) is 11.8 Å². The minimum atomic E-state index is -0.0889. The molecule has 0 radical (unpaired) electrons. The van der Waals surface area contributed by atoms with Crippen LogP contribution in [0.25, 0.3) is 0 Å². The molecule has 4 nitrogen and oxygen atoms in total. The first-order valence-electron chi connectivity index (χ1n) is 5.52. The highest BCUT2D eigenvalue weighted by Gasteiger charge is 2.20. The molecule has 1 aliphatic rings. The standard InChI is InChI=1S/C12H17N3O/c1-9-5-6-14-8-10(9)12(15-13)11-4-2-3-7-16-11/h4-6,8,12,15H,2-3,7,13H2,1H3. The molecule has 1 unspecified atom stereocenters. The van der Waals surface area contributed by atoms with E-state index in [4.69, 9.17) is 10.6 Å². The van der Waals surface area contributed by atoms with Gasteiger partial charge in [0.25, 0.3) is 0 Å². The summed E-state index contributed by atoms with van der Waals surface area (Å²) in [4.78, 5) is 4.13. The summed E-state index contributed by atoms with van der Waals surface area (Å²) in [5.74, 6) is 6.51. The smallest absolute Gasteiger partial charge is 0.115 e. The molecule has 0 saturated heterocycles. The summed E-state index contributed by atoms with van der Waals surface area (Å²) in [6.07, 6.45) is 7.83. The molecule has 0 spiro atoms. The number of nitrogens with zero attached hydrogens (tertiary/aromatic N) is 1. The van der Waals surface area contributed by atoms with E-state index in [0.29, 0.717) is 0 Å². The van der Waals surface area contributed by atoms with Gasteiger partial charge in [-0.25, -0.2) is 5.43 Å². The van der Waals surface area contributed by atoms with Crippen LogP contribution in [-0.2, 0) is 4.74 Å². The third-order valence-corrected chi connectivity index (χ3v) is 2.80. The summed E-state index contributed by atoms with van der Waals surface area (Å²) in [5.41, 5.74) is 5.02. The van der Waals surface area contributed by atoms with E-state index in [9.17, 15) is 0 Å². The first-order chi connectivity index (χ1) is 7.83. The number of hydrazine groups is 1. The predicted octanol–water partition coefficient (Wildman–Crippen LogP) is 1.59. The minimum Gasteiger partial charge on any atom is -0.496 e. The molecule has 0 saturated carbocycles. The predicted molar refractivity (Wildman–Crippen MR) is 62.3 cm³/mol. The van der Waals surface area contributed by atoms with Gasteiger partial charge in [-0.1, -0.05) is 0 Å². The lowest BCUT2D eigenvalue weighted by Crippen LogP contribution is -2.31. The van der Waals surface area contributed by atoms with Gasteiger partial charge in [0.2, 0.25) is 0 Å². The third-order valence-electron chi connectivity index (χ3n) is 2.80. The molecule has 1 atom stereocenters. The van der Waals surface area contributed by atoms with Crippen molar-refractivity contribution < 1.29 is 4.74 Å². The maximum Gasteiger partial charge on any atom is 0.115 e. The number of nitrogens with two attached hydrogens (primary N) is 1. The topological polar surface area (TPSA) is 60.2 Å². The maximum absolute atomic E-state index is 5.63. The van der Waals surface area contributed by atoms with Gasteiger partial charge in [-0.15, -0.1) is 0 Å². The summed E-state index contributed by atoms with van der Waals surface area (Å²) in [6.45, 7) is 2.81. The van der Waals surface area contributed by atoms with Crippen LogP contribution in [0.2, 0.25) is 0 Å². The Hall–Kier alpha value is -1.39. The molecule has 2 rings (SSSR count). The molecule has 16 heavy (non-hydrogen) atoms. The third kappa shape index (κ3) is 2.23. The van der Waals surface area contributed by atoms with Crippen molar-refractivity contribution in [1.82, 2.24) is 10.4 Å². The lowest BCUT2D eigenvalue weighted by Gasteiger charge is -2.24. The molecular weight excluding hydrogens is 202 g/mol. The van der Waals surface area contributed by atoms with Crippen molar-refractivity contribution in [2.24, 2.45) is 5.84 Å². The average Bonchev–Trinajstić information content (AvgIpc) is 2.34. The maximum atomic E-state index is 5.63. The van der Waals surface area contributed by atoms with Crippen LogP contribution in [0.3, 0.4) is 0 Å². The van der Waals surface area contributed by atoms with Gasteiger partial charge in [-0.05, 0) is 43.0 Å². The highest BCUT2D eigenvalue weighted by Crippen LogP contribution is 2.26. The Bertz CT molecular complexity index is 390. The zero-order valence-electron chi connectivity index (χ0n) is 9.44. The average molecular weight is 219 g/mol. The van der Waals surface area contributed by atoms with E-state index in [2.05, 4.69) is 16.5 Å². The molecule has 0 aromatic carbocycles. The summed E-state index contributed by atoms with van der Waals surface area (Å²) < 4.78 is 5.63. The molecule has 86 valence electrons. The molecule has 1 aromatic heterocycles. The van der Waals surface area contributed by atoms with Gasteiger partial charge in [-0.3, -0.25) is 10.8 Å². The largest absolute Gasteiger partial charge is 0.496 e. The number of aryl methyl sites for hydroxylation is 1. The second-order valence-corrected chi connectivity index (χ2v) is 3.93.